The van der Waals surface area contributed by atoms with Crippen molar-refractivity contribution in [3.8, 4) is 0 Å². The summed E-state index contributed by atoms with van der Waals surface area (Å²) in [5.41, 5.74) is 2.99. The Hall–Kier alpha value is -1.09. The van der Waals surface area contributed by atoms with Gasteiger partial charge in [0.05, 0.1) is 4.91 Å². The zero-order valence-electron chi connectivity index (χ0n) is 14.8. The minimum Gasteiger partial charge on any atom is -0.299 e. The van der Waals surface area contributed by atoms with E-state index >= 15 is 0 Å². The molecule has 2 nitrogen and oxygen atoms in total. The molecular weight excluding hydrogens is 316 g/mol. The van der Waals surface area contributed by atoms with Crippen LogP contribution in [0.25, 0.3) is 0 Å². The molecule has 4 aliphatic rings. The average Bonchev–Trinajstić information content (AvgIpc) is 2.81. The molecule has 5 atom stereocenters. The van der Waals surface area contributed by atoms with Gasteiger partial charge in [-0.2, -0.15) is 0 Å². The van der Waals surface area contributed by atoms with Crippen LogP contribution >= 0.6 is 12.6 Å². The zero-order chi connectivity index (χ0) is 17.4. The summed E-state index contributed by atoms with van der Waals surface area (Å²) in [5, 5.41) is 0. The van der Waals surface area contributed by atoms with Gasteiger partial charge in [-0.15, -0.1) is 12.6 Å². The maximum atomic E-state index is 12.5. The Labute approximate surface area is 149 Å². The van der Waals surface area contributed by atoms with Crippen molar-refractivity contribution in [1.29, 1.82) is 0 Å². The van der Waals surface area contributed by atoms with E-state index in [1.165, 1.54) is 0 Å². The Kier molecular flexibility index (Phi) is 3.39. The molecule has 0 aromatic heterocycles. The molecular formula is C21H26O2S. The van der Waals surface area contributed by atoms with E-state index in [1.54, 1.807) is 6.08 Å². The third kappa shape index (κ3) is 1.80. The number of rotatable bonds is 0. The molecule has 0 radical (unpaired) electrons. The summed E-state index contributed by atoms with van der Waals surface area (Å²) in [7, 11) is 0. The van der Waals surface area contributed by atoms with Crippen LogP contribution in [0.3, 0.4) is 0 Å². The number of thiol groups is 1. The van der Waals surface area contributed by atoms with E-state index in [4.69, 9.17) is 0 Å². The highest BCUT2D eigenvalue weighted by molar-refractivity contribution is 7.85. The molecule has 0 amide bonds. The maximum Gasteiger partial charge on any atom is 0.192 e. The highest BCUT2D eigenvalue weighted by Crippen LogP contribution is 2.66. The SMILES string of the molecule is C=C1C[C@@H]2[C@H](CC[C@]3(C)C(=O)CC[C@@H]23)[C@@]2(C)C(C)=CC(=O)C(S)=C12. The number of Topliss-reactive ketones (excluding diaryl/α,β-unsaturated/α-hetero) is 1. The molecule has 4 aliphatic carbocycles. The summed E-state index contributed by atoms with van der Waals surface area (Å²) in [6, 6.07) is 0. The molecule has 0 saturated heterocycles. The molecule has 0 heterocycles. The first-order valence-electron chi connectivity index (χ1n) is 9.09. The van der Waals surface area contributed by atoms with Gasteiger partial charge in [-0.1, -0.05) is 26.0 Å². The number of ketones is 2. The average molecular weight is 343 g/mol. The van der Waals surface area contributed by atoms with Crippen LogP contribution in [0, 0.1) is 28.6 Å². The topological polar surface area (TPSA) is 34.1 Å². The fourth-order valence-electron chi connectivity index (χ4n) is 6.44. The van der Waals surface area contributed by atoms with Gasteiger partial charge in [-0.25, -0.2) is 0 Å². The Morgan fingerprint density at radius 1 is 1.21 bits per heavy atom. The second-order valence-corrected chi connectivity index (χ2v) is 9.17. The normalized spacial score (nSPS) is 44.9. The lowest BCUT2D eigenvalue weighted by atomic mass is 9.46. The van der Waals surface area contributed by atoms with Gasteiger partial charge in [-0.05, 0) is 67.6 Å². The quantitative estimate of drug-likeness (QED) is 0.649. The van der Waals surface area contributed by atoms with Gasteiger partial charge in [0.2, 0.25) is 0 Å². The number of fused-ring (bicyclic) bond motifs is 5. The maximum absolute atomic E-state index is 12.5. The van der Waals surface area contributed by atoms with Gasteiger partial charge in [0.25, 0.3) is 0 Å². The molecule has 0 unspecified atom stereocenters. The molecule has 0 bridgehead atoms. The van der Waals surface area contributed by atoms with Crippen molar-refractivity contribution in [2.45, 2.75) is 52.9 Å². The molecule has 128 valence electrons. The molecule has 4 rings (SSSR count). The van der Waals surface area contributed by atoms with Gasteiger partial charge in [0.1, 0.15) is 5.78 Å². The van der Waals surface area contributed by atoms with Crippen LogP contribution in [-0.4, -0.2) is 11.6 Å². The van der Waals surface area contributed by atoms with Crippen LogP contribution in [0.5, 0.6) is 0 Å². The van der Waals surface area contributed by atoms with Crippen molar-refractivity contribution in [2.24, 2.45) is 28.6 Å². The first kappa shape index (κ1) is 16.4. The molecule has 0 aromatic carbocycles. The van der Waals surface area contributed by atoms with Crippen molar-refractivity contribution in [2.75, 3.05) is 0 Å². The van der Waals surface area contributed by atoms with Crippen molar-refractivity contribution in [3.05, 3.63) is 34.3 Å². The van der Waals surface area contributed by atoms with Crippen molar-refractivity contribution in [1.82, 2.24) is 0 Å². The lowest BCUT2D eigenvalue weighted by molar-refractivity contribution is -0.131. The number of carbonyl (C=O) groups is 2. The summed E-state index contributed by atoms with van der Waals surface area (Å²) in [6.45, 7) is 10.9. The van der Waals surface area contributed by atoms with E-state index in [1.807, 2.05) is 0 Å². The highest BCUT2D eigenvalue weighted by Gasteiger charge is 2.60. The lowest BCUT2D eigenvalue weighted by Crippen LogP contribution is -2.51. The molecule has 0 aliphatic heterocycles. The minimum atomic E-state index is -0.155. The van der Waals surface area contributed by atoms with E-state index in [2.05, 4.69) is 40.0 Å². The first-order chi connectivity index (χ1) is 11.2. The van der Waals surface area contributed by atoms with Gasteiger partial charge in [0, 0.05) is 17.3 Å². The fraction of sp³-hybridized carbons (Fsp3) is 0.619. The Balaban J connectivity index is 1.84. The van der Waals surface area contributed by atoms with E-state index < -0.39 is 0 Å². The van der Waals surface area contributed by atoms with Crippen LogP contribution in [0.2, 0.25) is 0 Å². The van der Waals surface area contributed by atoms with Crippen molar-refractivity contribution in [3.63, 3.8) is 0 Å². The Bertz CT molecular complexity index is 743. The summed E-state index contributed by atoms with van der Waals surface area (Å²) in [6.07, 6.45) is 6.48. The Morgan fingerprint density at radius 2 is 1.92 bits per heavy atom. The van der Waals surface area contributed by atoms with Crippen LogP contribution in [0.4, 0.5) is 0 Å². The second kappa shape index (κ2) is 4.97. The van der Waals surface area contributed by atoms with Gasteiger partial charge in [0.15, 0.2) is 5.78 Å². The molecule has 3 fully saturated rings. The zero-order valence-corrected chi connectivity index (χ0v) is 15.7. The number of carbonyl (C=O) groups excluding carboxylic acids is 2. The predicted octanol–water partition coefficient (Wildman–Crippen LogP) is 4.68. The van der Waals surface area contributed by atoms with Crippen LogP contribution < -0.4 is 0 Å². The Morgan fingerprint density at radius 3 is 2.62 bits per heavy atom. The van der Waals surface area contributed by atoms with Gasteiger partial charge < -0.3 is 0 Å². The van der Waals surface area contributed by atoms with Gasteiger partial charge >= 0.3 is 0 Å². The van der Waals surface area contributed by atoms with E-state index in [0.29, 0.717) is 28.4 Å². The number of allylic oxidation sites excluding steroid dienone is 5. The van der Waals surface area contributed by atoms with E-state index in [-0.39, 0.29) is 16.6 Å². The second-order valence-electron chi connectivity index (χ2n) is 8.72. The monoisotopic (exact) mass is 342 g/mol. The molecule has 3 saturated carbocycles. The summed E-state index contributed by atoms with van der Waals surface area (Å²) in [5.74, 6) is 1.92. The largest absolute Gasteiger partial charge is 0.299 e. The van der Waals surface area contributed by atoms with Crippen molar-refractivity contribution >= 4 is 24.2 Å². The van der Waals surface area contributed by atoms with Crippen molar-refractivity contribution < 1.29 is 9.59 Å². The number of hydrogen-bond donors (Lipinski definition) is 1. The molecule has 0 N–H and O–H groups in total. The summed E-state index contributed by atoms with van der Waals surface area (Å²) in [4.78, 5) is 25.4. The lowest BCUT2D eigenvalue weighted by Gasteiger charge is -2.57. The first-order valence-corrected chi connectivity index (χ1v) is 9.54. The van der Waals surface area contributed by atoms with Crippen LogP contribution in [0.15, 0.2) is 34.3 Å². The summed E-state index contributed by atoms with van der Waals surface area (Å²) < 4.78 is 0. The molecule has 3 heteroatoms. The number of hydrogen-bond acceptors (Lipinski definition) is 3. The minimum absolute atomic E-state index is 0.0135. The molecule has 0 aromatic rings. The van der Waals surface area contributed by atoms with Gasteiger partial charge in [-0.3, -0.25) is 9.59 Å². The smallest absolute Gasteiger partial charge is 0.192 e. The molecule has 0 spiro atoms. The standard InChI is InChI=1S/C21H26O2S/c1-11-9-13-14-5-6-17(23)20(14,3)8-7-15(13)21(4)12(2)10-16(22)19(24)18(11)21/h10,13-15,24H,1,5-9H2,2-4H3/t13-,14-,15-,20-,21+/m0/s1. The predicted molar refractivity (Wildman–Crippen MR) is 98.7 cm³/mol. The third-order valence-corrected chi connectivity index (χ3v) is 8.32. The highest BCUT2D eigenvalue weighted by atomic mass is 32.1. The van der Waals surface area contributed by atoms with Crippen LogP contribution in [0.1, 0.15) is 52.9 Å². The molecule has 24 heavy (non-hydrogen) atoms. The third-order valence-electron chi connectivity index (χ3n) is 7.88. The fourth-order valence-corrected chi connectivity index (χ4v) is 6.90. The van der Waals surface area contributed by atoms with Crippen LogP contribution in [-0.2, 0) is 9.59 Å². The summed E-state index contributed by atoms with van der Waals surface area (Å²) >= 11 is 4.57. The van der Waals surface area contributed by atoms with E-state index in [9.17, 15) is 9.59 Å². The van der Waals surface area contributed by atoms with E-state index in [0.717, 1.165) is 48.8 Å².